The lowest BCUT2D eigenvalue weighted by Gasteiger charge is -2.28. The molecule has 4 N–H and O–H groups in total. The maximum atomic E-state index is 14.0. The number of amides is 2. The molecule has 1 heterocycles. The van der Waals surface area contributed by atoms with Gasteiger partial charge in [-0.05, 0) is 54.5 Å². The van der Waals surface area contributed by atoms with E-state index in [-0.39, 0.29) is 43.2 Å². The third-order valence-electron chi connectivity index (χ3n) is 8.36. The number of aryl methyl sites for hydroxylation is 1. The van der Waals surface area contributed by atoms with Crippen LogP contribution in [0.2, 0.25) is 0 Å². The van der Waals surface area contributed by atoms with Crippen LogP contribution in [0.4, 0.5) is 8.78 Å². The number of ether oxygens (including phenoxy) is 1. The molecule has 0 saturated carbocycles. The van der Waals surface area contributed by atoms with Gasteiger partial charge in [-0.2, -0.15) is 0 Å². The summed E-state index contributed by atoms with van der Waals surface area (Å²) < 4.78 is 61.5. The number of sulfone groups is 1. The van der Waals surface area contributed by atoms with E-state index in [1.165, 1.54) is 16.7 Å². The van der Waals surface area contributed by atoms with E-state index in [0.717, 1.165) is 35.7 Å². The molecule has 1 aliphatic rings. The molecule has 276 valence electrons. The largest absolute Gasteiger partial charge is 0.458 e. The number of thioether (sulfide) groups is 1. The van der Waals surface area contributed by atoms with E-state index in [2.05, 4.69) is 10.6 Å². The molecule has 1 unspecified atom stereocenters. The van der Waals surface area contributed by atoms with Gasteiger partial charge in [0, 0.05) is 38.2 Å². The molecule has 1 aliphatic heterocycles. The van der Waals surface area contributed by atoms with Crippen LogP contribution in [0.25, 0.3) is 0 Å². The van der Waals surface area contributed by atoms with Gasteiger partial charge in [-0.3, -0.25) is 14.5 Å². The molecule has 0 aliphatic carbocycles. The molecule has 3 rings (SSSR count). The first-order valence-electron chi connectivity index (χ1n) is 16.9. The van der Waals surface area contributed by atoms with Crippen LogP contribution in [0.1, 0.15) is 69.6 Å². The van der Waals surface area contributed by atoms with Crippen LogP contribution in [-0.2, 0) is 48.3 Å². The van der Waals surface area contributed by atoms with Crippen molar-refractivity contribution < 1.29 is 36.3 Å². The number of nitrogens with two attached hydrogens (primary N) is 1. The number of esters is 1. The van der Waals surface area contributed by atoms with Gasteiger partial charge in [0.25, 0.3) is 0 Å². The van der Waals surface area contributed by atoms with Gasteiger partial charge < -0.3 is 21.1 Å². The molecular formula is C35H48F2N4O6S3. The minimum absolute atomic E-state index is 0.0228. The lowest BCUT2D eigenvalue weighted by atomic mass is 10.0. The van der Waals surface area contributed by atoms with E-state index < -0.39 is 62.5 Å². The molecule has 0 bridgehead atoms. The van der Waals surface area contributed by atoms with Crippen molar-refractivity contribution in [3.8, 4) is 0 Å². The van der Waals surface area contributed by atoms with E-state index in [9.17, 15) is 31.6 Å². The maximum absolute atomic E-state index is 14.0. The third-order valence-corrected chi connectivity index (χ3v) is 12.1. The molecule has 2 aromatic rings. The topological polar surface area (TPSA) is 148 Å². The van der Waals surface area contributed by atoms with E-state index in [1.54, 1.807) is 0 Å². The number of thiocarbonyl (C=S) groups is 1. The Balaban J connectivity index is 1.85. The Morgan fingerprint density at radius 2 is 1.70 bits per heavy atom. The minimum atomic E-state index is -3.89. The summed E-state index contributed by atoms with van der Waals surface area (Å²) >= 11 is 6.37. The number of halogens is 2. The van der Waals surface area contributed by atoms with E-state index >= 15 is 0 Å². The predicted molar refractivity (Wildman–Crippen MR) is 196 cm³/mol. The molecule has 15 heteroatoms. The fraction of sp³-hybridized carbons (Fsp3) is 0.543. The summed E-state index contributed by atoms with van der Waals surface area (Å²) in [6.45, 7) is 6.17. The molecule has 1 fully saturated rings. The van der Waals surface area contributed by atoms with Crippen molar-refractivity contribution in [3.05, 3.63) is 70.8 Å². The smallest absolute Gasteiger partial charge is 0.330 e. The second-order valence-corrected chi connectivity index (χ2v) is 16.4. The number of hydrogen-bond donors (Lipinski definition) is 3. The highest BCUT2D eigenvalue weighted by Crippen LogP contribution is 2.20. The second kappa shape index (κ2) is 20.2. The number of carbonyl (C=O) groups excluding carboxylic acids is 3. The Labute approximate surface area is 303 Å². The molecule has 10 nitrogen and oxygen atoms in total. The summed E-state index contributed by atoms with van der Waals surface area (Å²) in [5.74, 6) is -4.02. The van der Waals surface area contributed by atoms with Gasteiger partial charge in [0.1, 0.15) is 28.1 Å². The van der Waals surface area contributed by atoms with Crippen molar-refractivity contribution in [1.29, 1.82) is 0 Å². The number of rotatable bonds is 21. The van der Waals surface area contributed by atoms with Crippen LogP contribution in [0.5, 0.6) is 0 Å². The second-order valence-electron chi connectivity index (χ2n) is 12.4. The molecule has 0 aromatic heterocycles. The van der Waals surface area contributed by atoms with Crippen molar-refractivity contribution in [2.45, 2.75) is 95.7 Å². The van der Waals surface area contributed by atoms with Gasteiger partial charge in [-0.25, -0.2) is 22.0 Å². The standard InChI is InChI=1S/C35H48F2N4O6S3/c1-4-8-28(9-5-2)50(45,46)22-30(40-32(42)12-13-41-33(43)21-49-35(41)48)34(44)47-31(20-39-19-24-11-7-10-23(6-3)14-24)29(38)17-25-15-26(36)18-27(37)16-25/h7,10-11,14-16,18,28-31,39H,4-6,8-9,12-13,17,19-22,38H2,1-3H3,(H,40,42)/t29-,30?,31+/m0/s1. The normalized spacial score (nSPS) is 15.3. The third kappa shape index (κ3) is 13.0. The molecule has 1 saturated heterocycles. The van der Waals surface area contributed by atoms with Crippen molar-refractivity contribution in [2.24, 2.45) is 5.73 Å². The predicted octanol–water partition coefficient (Wildman–Crippen LogP) is 4.22. The summed E-state index contributed by atoms with van der Waals surface area (Å²) in [6.07, 6.45) is 1.47. The van der Waals surface area contributed by atoms with Crippen LogP contribution in [0.3, 0.4) is 0 Å². The quantitative estimate of drug-likeness (QED) is 0.125. The summed E-state index contributed by atoms with van der Waals surface area (Å²) in [4.78, 5) is 40.4. The average Bonchev–Trinajstić information content (AvgIpc) is 3.38. The zero-order valence-corrected chi connectivity index (χ0v) is 31.2. The van der Waals surface area contributed by atoms with Crippen LogP contribution < -0.4 is 16.4 Å². The molecule has 2 aromatic carbocycles. The molecular weight excluding hydrogens is 707 g/mol. The number of hydrogen-bond acceptors (Lipinski definition) is 10. The first-order chi connectivity index (χ1) is 23.8. The molecule has 0 radical (unpaired) electrons. The highest BCUT2D eigenvalue weighted by Gasteiger charge is 2.35. The van der Waals surface area contributed by atoms with Crippen molar-refractivity contribution in [1.82, 2.24) is 15.5 Å². The van der Waals surface area contributed by atoms with Gasteiger partial charge in [-0.1, -0.05) is 81.9 Å². The first kappa shape index (κ1) is 41.4. The van der Waals surface area contributed by atoms with Gasteiger partial charge in [0.05, 0.1) is 16.8 Å². The monoisotopic (exact) mass is 754 g/mol. The number of carbonyl (C=O) groups is 3. The number of benzene rings is 2. The lowest BCUT2D eigenvalue weighted by molar-refractivity contribution is -0.153. The van der Waals surface area contributed by atoms with E-state index in [4.69, 9.17) is 22.7 Å². The van der Waals surface area contributed by atoms with Crippen LogP contribution in [-0.4, -0.2) is 83.5 Å². The van der Waals surface area contributed by atoms with Crippen LogP contribution in [0, 0.1) is 11.6 Å². The lowest BCUT2D eigenvalue weighted by Crippen LogP contribution is -2.52. The average molecular weight is 755 g/mol. The Kier molecular flexibility index (Phi) is 16.7. The van der Waals surface area contributed by atoms with Crippen LogP contribution >= 0.6 is 24.0 Å². The highest BCUT2D eigenvalue weighted by molar-refractivity contribution is 8.23. The number of nitrogens with zero attached hydrogens (tertiary/aromatic N) is 1. The number of nitrogens with one attached hydrogen (secondary N) is 2. The summed E-state index contributed by atoms with van der Waals surface area (Å²) in [5.41, 5.74) is 8.85. The van der Waals surface area contributed by atoms with Gasteiger partial charge in [0.15, 0.2) is 9.84 Å². The van der Waals surface area contributed by atoms with Gasteiger partial charge in [-0.15, -0.1) is 0 Å². The van der Waals surface area contributed by atoms with E-state index in [1.807, 2.05) is 45.0 Å². The fourth-order valence-corrected chi connectivity index (χ4v) is 8.99. The fourth-order valence-electron chi connectivity index (χ4n) is 5.72. The Morgan fingerprint density at radius 1 is 1.04 bits per heavy atom. The van der Waals surface area contributed by atoms with Crippen molar-refractivity contribution in [3.63, 3.8) is 0 Å². The molecule has 50 heavy (non-hydrogen) atoms. The Bertz CT molecular complexity index is 1550. The first-order valence-corrected chi connectivity index (χ1v) is 20.0. The molecule has 2 amide bonds. The summed E-state index contributed by atoms with van der Waals surface area (Å²) in [6, 6.07) is 8.37. The van der Waals surface area contributed by atoms with Crippen molar-refractivity contribution >= 4 is 55.9 Å². The molecule has 0 spiro atoms. The molecule has 3 atom stereocenters. The Morgan fingerprint density at radius 3 is 2.30 bits per heavy atom. The van der Waals surface area contributed by atoms with E-state index in [0.29, 0.717) is 36.5 Å². The zero-order chi connectivity index (χ0) is 36.8. The maximum Gasteiger partial charge on any atom is 0.330 e. The summed E-state index contributed by atoms with van der Waals surface area (Å²) in [5, 5.41) is 5.03. The van der Waals surface area contributed by atoms with Crippen molar-refractivity contribution in [2.75, 3.05) is 24.6 Å². The Hall–Kier alpha value is -2.98. The zero-order valence-electron chi connectivity index (χ0n) is 28.8. The highest BCUT2D eigenvalue weighted by atomic mass is 32.2. The summed E-state index contributed by atoms with van der Waals surface area (Å²) in [7, 11) is -3.89. The van der Waals surface area contributed by atoms with Gasteiger partial charge in [0.2, 0.25) is 11.8 Å². The SMILES string of the molecule is CCCC(CCC)S(=O)(=O)CC(NC(=O)CCN1C(=O)CSC1=S)C(=O)O[C@H](CNCc1cccc(CC)c1)[C@@H](N)Cc1cc(F)cc(F)c1. The van der Waals surface area contributed by atoms with Gasteiger partial charge >= 0.3 is 5.97 Å². The minimum Gasteiger partial charge on any atom is -0.458 e. The van der Waals surface area contributed by atoms with Crippen LogP contribution in [0.15, 0.2) is 42.5 Å².